The summed E-state index contributed by atoms with van der Waals surface area (Å²) >= 11 is 0. The predicted molar refractivity (Wildman–Crippen MR) is 116 cm³/mol. The Morgan fingerprint density at radius 1 is 1.10 bits per heavy atom. The van der Waals surface area contributed by atoms with Crippen LogP contribution in [0.4, 0.5) is 5.69 Å². The van der Waals surface area contributed by atoms with Crippen molar-refractivity contribution in [3.63, 3.8) is 0 Å². The Morgan fingerprint density at radius 3 is 2.55 bits per heavy atom. The van der Waals surface area contributed by atoms with Crippen LogP contribution in [0.1, 0.15) is 66.9 Å². The summed E-state index contributed by atoms with van der Waals surface area (Å²) in [5, 5.41) is 5.90. The van der Waals surface area contributed by atoms with Crippen molar-refractivity contribution in [1.82, 2.24) is 5.32 Å². The number of benzene rings is 2. The zero-order valence-corrected chi connectivity index (χ0v) is 17.5. The molecule has 1 aliphatic rings. The summed E-state index contributed by atoms with van der Waals surface area (Å²) in [5.74, 6) is 0.591. The second-order valence-electron chi connectivity index (χ2n) is 8.03. The summed E-state index contributed by atoms with van der Waals surface area (Å²) in [4.78, 5) is 25.1. The van der Waals surface area contributed by atoms with Gasteiger partial charge >= 0.3 is 0 Å². The lowest BCUT2D eigenvalue weighted by molar-refractivity contribution is -0.118. The molecule has 0 unspecified atom stereocenters. The minimum Gasteiger partial charge on any atom is -0.483 e. The second-order valence-corrected chi connectivity index (χ2v) is 8.03. The Labute approximate surface area is 172 Å². The van der Waals surface area contributed by atoms with Gasteiger partial charge in [-0.1, -0.05) is 51.0 Å². The highest BCUT2D eigenvalue weighted by Gasteiger charge is 2.20. The van der Waals surface area contributed by atoms with Crippen LogP contribution in [0.3, 0.4) is 0 Å². The van der Waals surface area contributed by atoms with Gasteiger partial charge in [0, 0.05) is 6.04 Å². The van der Waals surface area contributed by atoms with E-state index in [-0.39, 0.29) is 24.5 Å². The lowest BCUT2D eigenvalue weighted by atomic mass is 10.0. The van der Waals surface area contributed by atoms with Crippen LogP contribution in [0.5, 0.6) is 5.75 Å². The Morgan fingerprint density at radius 2 is 1.83 bits per heavy atom. The average Bonchev–Trinajstić information content (AvgIpc) is 3.19. The van der Waals surface area contributed by atoms with E-state index in [1.165, 1.54) is 0 Å². The first kappa shape index (κ1) is 20.9. The number of para-hydroxylation sites is 1. The van der Waals surface area contributed by atoms with Crippen LogP contribution in [0.25, 0.3) is 0 Å². The van der Waals surface area contributed by atoms with Crippen LogP contribution in [-0.2, 0) is 4.79 Å². The van der Waals surface area contributed by atoms with Crippen molar-refractivity contribution in [2.24, 2.45) is 0 Å². The highest BCUT2D eigenvalue weighted by molar-refractivity contribution is 6.04. The summed E-state index contributed by atoms with van der Waals surface area (Å²) in [6.07, 6.45) is 4.33. The van der Waals surface area contributed by atoms with Gasteiger partial charge in [0.2, 0.25) is 0 Å². The Kier molecular flexibility index (Phi) is 6.91. The van der Waals surface area contributed by atoms with E-state index in [4.69, 9.17) is 4.74 Å². The SMILES string of the molecule is Cc1ccc(C(C)C)c(OCC(=O)Nc2ccccc2C(=O)NC2CCCC2)c1. The molecule has 1 saturated carbocycles. The maximum atomic E-state index is 12.6. The third-order valence-corrected chi connectivity index (χ3v) is 5.29. The molecule has 0 spiro atoms. The monoisotopic (exact) mass is 394 g/mol. The van der Waals surface area contributed by atoms with Crippen molar-refractivity contribution >= 4 is 17.5 Å². The molecule has 0 heterocycles. The number of anilines is 1. The van der Waals surface area contributed by atoms with Gasteiger partial charge in [-0.2, -0.15) is 0 Å². The topological polar surface area (TPSA) is 67.4 Å². The quantitative estimate of drug-likeness (QED) is 0.708. The molecule has 1 aliphatic carbocycles. The third kappa shape index (κ3) is 5.59. The molecular formula is C24H30N2O3. The summed E-state index contributed by atoms with van der Waals surface area (Å²) < 4.78 is 5.81. The van der Waals surface area contributed by atoms with E-state index in [0.717, 1.165) is 42.6 Å². The van der Waals surface area contributed by atoms with Crippen molar-refractivity contribution in [3.05, 3.63) is 59.2 Å². The van der Waals surface area contributed by atoms with Gasteiger partial charge in [0.15, 0.2) is 6.61 Å². The van der Waals surface area contributed by atoms with E-state index in [1.54, 1.807) is 24.3 Å². The van der Waals surface area contributed by atoms with Crippen molar-refractivity contribution < 1.29 is 14.3 Å². The van der Waals surface area contributed by atoms with E-state index >= 15 is 0 Å². The molecule has 2 amide bonds. The van der Waals surface area contributed by atoms with Crippen LogP contribution >= 0.6 is 0 Å². The number of nitrogens with one attached hydrogen (secondary N) is 2. The lowest BCUT2D eigenvalue weighted by Crippen LogP contribution is -2.33. The minimum absolute atomic E-state index is 0.109. The van der Waals surface area contributed by atoms with Gasteiger partial charge in [-0.05, 0) is 55.0 Å². The molecule has 0 atom stereocenters. The predicted octanol–water partition coefficient (Wildman–Crippen LogP) is 4.81. The van der Waals surface area contributed by atoms with E-state index in [0.29, 0.717) is 17.2 Å². The first-order chi connectivity index (χ1) is 13.9. The molecule has 0 radical (unpaired) electrons. The number of hydrogen-bond donors (Lipinski definition) is 2. The normalized spacial score (nSPS) is 14.1. The molecule has 2 N–H and O–H groups in total. The van der Waals surface area contributed by atoms with E-state index in [1.807, 2.05) is 25.1 Å². The van der Waals surface area contributed by atoms with E-state index in [9.17, 15) is 9.59 Å². The molecule has 0 aliphatic heterocycles. The molecule has 0 saturated heterocycles. The van der Waals surface area contributed by atoms with Crippen LogP contribution in [0.15, 0.2) is 42.5 Å². The van der Waals surface area contributed by atoms with E-state index in [2.05, 4.69) is 24.5 Å². The van der Waals surface area contributed by atoms with Crippen LogP contribution in [-0.4, -0.2) is 24.5 Å². The molecule has 5 nitrogen and oxygen atoms in total. The Bertz CT molecular complexity index is 870. The van der Waals surface area contributed by atoms with Crippen molar-refractivity contribution in [2.75, 3.05) is 11.9 Å². The molecule has 0 aromatic heterocycles. The summed E-state index contributed by atoms with van der Waals surface area (Å²) in [5.41, 5.74) is 3.13. The maximum absolute atomic E-state index is 12.6. The fourth-order valence-electron chi connectivity index (χ4n) is 3.70. The molecule has 2 aromatic rings. The van der Waals surface area contributed by atoms with Crippen LogP contribution in [0.2, 0.25) is 0 Å². The summed E-state index contributed by atoms with van der Waals surface area (Å²) in [6.45, 7) is 6.08. The number of carbonyl (C=O) groups is 2. The van der Waals surface area contributed by atoms with Gasteiger partial charge < -0.3 is 15.4 Å². The zero-order valence-electron chi connectivity index (χ0n) is 17.5. The number of rotatable bonds is 7. The summed E-state index contributed by atoms with van der Waals surface area (Å²) in [7, 11) is 0. The zero-order chi connectivity index (χ0) is 20.8. The lowest BCUT2D eigenvalue weighted by Gasteiger charge is -2.16. The van der Waals surface area contributed by atoms with Gasteiger partial charge in [-0.15, -0.1) is 0 Å². The third-order valence-electron chi connectivity index (χ3n) is 5.29. The second kappa shape index (κ2) is 9.59. The Hall–Kier alpha value is -2.82. The highest BCUT2D eigenvalue weighted by Crippen LogP contribution is 2.27. The number of carbonyl (C=O) groups excluding carboxylic acids is 2. The van der Waals surface area contributed by atoms with Gasteiger partial charge in [0.05, 0.1) is 11.3 Å². The Balaban J connectivity index is 1.64. The molecule has 3 rings (SSSR count). The molecule has 1 fully saturated rings. The van der Waals surface area contributed by atoms with Gasteiger partial charge in [0.1, 0.15) is 5.75 Å². The summed E-state index contributed by atoms with van der Waals surface area (Å²) in [6, 6.07) is 13.3. The fraction of sp³-hybridized carbons (Fsp3) is 0.417. The molecule has 2 aromatic carbocycles. The number of hydrogen-bond acceptors (Lipinski definition) is 3. The molecule has 5 heteroatoms. The van der Waals surface area contributed by atoms with Crippen LogP contribution < -0.4 is 15.4 Å². The average molecular weight is 395 g/mol. The molecule has 154 valence electrons. The number of amides is 2. The van der Waals surface area contributed by atoms with Gasteiger partial charge in [0.25, 0.3) is 11.8 Å². The fourth-order valence-corrected chi connectivity index (χ4v) is 3.70. The largest absolute Gasteiger partial charge is 0.483 e. The van der Waals surface area contributed by atoms with E-state index < -0.39 is 0 Å². The first-order valence-electron chi connectivity index (χ1n) is 10.4. The molecule has 29 heavy (non-hydrogen) atoms. The number of ether oxygens (including phenoxy) is 1. The van der Waals surface area contributed by atoms with Gasteiger partial charge in [-0.3, -0.25) is 9.59 Å². The van der Waals surface area contributed by atoms with Crippen molar-refractivity contribution in [3.8, 4) is 5.75 Å². The van der Waals surface area contributed by atoms with Crippen LogP contribution in [0, 0.1) is 6.92 Å². The number of aryl methyl sites for hydroxylation is 1. The van der Waals surface area contributed by atoms with Crippen molar-refractivity contribution in [2.45, 2.75) is 58.4 Å². The minimum atomic E-state index is -0.290. The first-order valence-corrected chi connectivity index (χ1v) is 10.4. The highest BCUT2D eigenvalue weighted by atomic mass is 16.5. The molecular weight excluding hydrogens is 364 g/mol. The standard InChI is InChI=1S/C24H30N2O3/c1-16(2)19-13-12-17(3)14-22(19)29-15-23(27)26-21-11-7-6-10-20(21)24(28)25-18-8-4-5-9-18/h6-7,10-14,16,18H,4-5,8-9,15H2,1-3H3,(H,25,28)(H,26,27). The van der Waals surface area contributed by atoms with Crippen molar-refractivity contribution in [1.29, 1.82) is 0 Å². The maximum Gasteiger partial charge on any atom is 0.262 e. The van der Waals surface area contributed by atoms with Gasteiger partial charge in [-0.25, -0.2) is 0 Å². The smallest absolute Gasteiger partial charge is 0.262 e. The molecule has 0 bridgehead atoms.